The average molecular weight is 330 g/mol. The molecule has 0 radical (unpaired) electrons. The van der Waals surface area contributed by atoms with Gasteiger partial charge in [0.05, 0.1) is 17.8 Å². The van der Waals surface area contributed by atoms with E-state index < -0.39 is 20.7 Å². The summed E-state index contributed by atoms with van der Waals surface area (Å²) in [6, 6.07) is 8.49. The van der Waals surface area contributed by atoms with Gasteiger partial charge in [-0.25, -0.2) is 12.8 Å². The molecule has 0 atom stereocenters. The third-order valence-electron chi connectivity index (χ3n) is 2.79. The molecule has 0 spiro atoms. The maximum absolute atomic E-state index is 13.8. The summed E-state index contributed by atoms with van der Waals surface area (Å²) in [6.45, 7) is 1.67. The van der Waals surface area contributed by atoms with E-state index in [0.29, 0.717) is 5.56 Å². The van der Waals surface area contributed by atoms with Crippen molar-refractivity contribution < 1.29 is 17.5 Å². The summed E-state index contributed by atoms with van der Waals surface area (Å²) in [4.78, 5) is -0.435. The van der Waals surface area contributed by atoms with Gasteiger partial charge in [0.15, 0.2) is 5.75 Å². The zero-order chi connectivity index (χ0) is 15.6. The van der Waals surface area contributed by atoms with Crippen LogP contribution in [0.4, 0.5) is 10.1 Å². The highest BCUT2D eigenvalue weighted by Gasteiger charge is 2.21. The summed E-state index contributed by atoms with van der Waals surface area (Å²) in [5.74, 6) is -0.640. The zero-order valence-electron chi connectivity index (χ0n) is 11.4. The van der Waals surface area contributed by atoms with E-state index in [2.05, 4.69) is 4.72 Å². The van der Waals surface area contributed by atoms with Crippen LogP contribution in [0.5, 0.6) is 5.75 Å². The molecule has 0 amide bonds. The summed E-state index contributed by atoms with van der Waals surface area (Å²) < 4.78 is 45.7. The Bertz CT molecular complexity index is 778. The first-order valence-electron chi connectivity index (χ1n) is 5.96. The second kappa shape index (κ2) is 5.91. The molecule has 0 saturated carbocycles. The van der Waals surface area contributed by atoms with Crippen molar-refractivity contribution in [1.82, 2.24) is 0 Å². The minimum atomic E-state index is -4.07. The molecule has 0 unspecified atom stereocenters. The Morgan fingerprint density at radius 2 is 1.95 bits per heavy atom. The molecule has 0 bridgehead atoms. The van der Waals surface area contributed by atoms with Gasteiger partial charge < -0.3 is 4.74 Å². The van der Waals surface area contributed by atoms with Crippen molar-refractivity contribution >= 4 is 27.3 Å². The first kappa shape index (κ1) is 15.6. The van der Waals surface area contributed by atoms with Gasteiger partial charge in [0.25, 0.3) is 10.0 Å². The molecule has 7 heteroatoms. The Hall–Kier alpha value is -1.79. The number of ether oxygens (including phenoxy) is 1. The third kappa shape index (κ3) is 3.28. The maximum atomic E-state index is 13.8. The van der Waals surface area contributed by atoms with Gasteiger partial charge in [-0.2, -0.15) is 0 Å². The van der Waals surface area contributed by atoms with Gasteiger partial charge in [0.2, 0.25) is 0 Å². The molecule has 0 aliphatic heterocycles. The molecule has 2 rings (SSSR count). The van der Waals surface area contributed by atoms with E-state index in [1.807, 2.05) is 0 Å². The van der Waals surface area contributed by atoms with E-state index in [-0.39, 0.29) is 16.5 Å². The van der Waals surface area contributed by atoms with Crippen molar-refractivity contribution in [3.63, 3.8) is 0 Å². The summed E-state index contributed by atoms with van der Waals surface area (Å²) in [5, 5.41) is 0.252. The fraction of sp³-hybridized carbons (Fsp3) is 0.143. The molecule has 0 heterocycles. The Kier molecular flexibility index (Phi) is 4.39. The van der Waals surface area contributed by atoms with Crippen LogP contribution in [0.1, 0.15) is 5.56 Å². The fourth-order valence-electron chi connectivity index (χ4n) is 1.82. The van der Waals surface area contributed by atoms with Crippen LogP contribution in [-0.4, -0.2) is 15.5 Å². The number of sulfonamides is 1. The van der Waals surface area contributed by atoms with Crippen molar-refractivity contribution in [2.75, 3.05) is 11.8 Å². The lowest BCUT2D eigenvalue weighted by atomic mass is 10.2. The Morgan fingerprint density at radius 3 is 2.57 bits per heavy atom. The number of halogens is 2. The minimum absolute atomic E-state index is 0.143. The van der Waals surface area contributed by atoms with E-state index in [4.69, 9.17) is 16.3 Å². The summed E-state index contributed by atoms with van der Waals surface area (Å²) in [6.07, 6.45) is 0. The van der Waals surface area contributed by atoms with Gasteiger partial charge in [-0.3, -0.25) is 4.72 Å². The molecule has 0 aliphatic rings. The molecule has 0 aliphatic carbocycles. The number of hydrogen-bond acceptors (Lipinski definition) is 3. The van der Waals surface area contributed by atoms with Crippen LogP contribution in [0.25, 0.3) is 0 Å². The number of rotatable bonds is 4. The second-order valence-corrected chi connectivity index (χ2v) is 6.42. The molecular formula is C14H13ClFNO3S. The summed E-state index contributed by atoms with van der Waals surface area (Å²) in [7, 11) is -2.71. The van der Waals surface area contributed by atoms with Crippen molar-refractivity contribution in [3.05, 3.63) is 52.8 Å². The number of methoxy groups -OCH3 is 1. The van der Waals surface area contributed by atoms with E-state index in [9.17, 15) is 12.8 Å². The predicted octanol–water partition coefficient (Wildman–Crippen LogP) is 3.60. The second-order valence-electron chi connectivity index (χ2n) is 4.36. The van der Waals surface area contributed by atoms with Gasteiger partial charge in [0, 0.05) is 0 Å². The zero-order valence-corrected chi connectivity index (χ0v) is 12.9. The van der Waals surface area contributed by atoms with Gasteiger partial charge >= 0.3 is 0 Å². The number of para-hydroxylation sites is 1. The molecule has 0 fully saturated rings. The fourth-order valence-corrected chi connectivity index (χ4v) is 3.19. The van der Waals surface area contributed by atoms with Crippen molar-refractivity contribution in [2.24, 2.45) is 0 Å². The van der Waals surface area contributed by atoms with Gasteiger partial charge in [-0.05, 0) is 36.8 Å². The van der Waals surface area contributed by atoms with Crippen LogP contribution in [-0.2, 0) is 10.0 Å². The van der Waals surface area contributed by atoms with E-state index in [1.165, 1.54) is 25.3 Å². The number of aryl methyl sites for hydroxylation is 1. The maximum Gasteiger partial charge on any atom is 0.264 e. The van der Waals surface area contributed by atoms with Crippen LogP contribution in [0.3, 0.4) is 0 Å². The van der Waals surface area contributed by atoms with Crippen molar-refractivity contribution in [2.45, 2.75) is 11.8 Å². The van der Waals surface area contributed by atoms with Crippen LogP contribution < -0.4 is 9.46 Å². The number of benzene rings is 2. The first-order valence-corrected chi connectivity index (χ1v) is 7.83. The first-order chi connectivity index (χ1) is 9.85. The molecule has 112 valence electrons. The van der Waals surface area contributed by atoms with Gasteiger partial charge in [-0.1, -0.05) is 23.7 Å². The number of nitrogens with one attached hydrogen (secondary N) is 1. The summed E-state index contributed by atoms with van der Waals surface area (Å²) in [5.41, 5.74) is 0.775. The molecule has 2 aromatic rings. The number of hydrogen-bond donors (Lipinski definition) is 1. The van der Waals surface area contributed by atoms with Gasteiger partial charge in [0.1, 0.15) is 10.7 Å². The lowest BCUT2D eigenvalue weighted by Gasteiger charge is -2.13. The van der Waals surface area contributed by atoms with Crippen LogP contribution in [0, 0.1) is 12.7 Å². The molecule has 1 N–H and O–H groups in total. The Morgan fingerprint density at radius 1 is 1.24 bits per heavy atom. The van der Waals surface area contributed by atoms with E-state index in [0.717, 1.165) is 6.07 Å². The van der Waals surface area contributed by atoms with Crippen LogP contribution in [0.2, 0.25) is 5.02 Å². The minimum Gasteiger partial charge on any atom is -0.493 e. The van der Waals surface area contributed by atoms with Crippen molar-refractivity contribution in [3.8, 4) is 5.75 Å². The monoisotopic (exact) mass is 329 g/mol. The largest absolute Gasteiger partial charge is 0.493 e. The van der Waals surface area contributed by atoms with Crippen LogP contribution >= 0.6 is 11.6 Å². The Labute approximate surface area is 127 Å². The molecule has 21 heavy (non-hydrogen) atoms. The average Bonchev–Trinajstić information content (AvgIpc) is 2.38. The molecule has 2 aromatic carbocycles. The molecular weight excluding hydrogens is 317 g/mol. The smallest absolute Gasteiger partial charge is 0.264 e. The normalized spacial score (nSPS) is 11.2. The standard InChI is InChI=1S/C14H13ClFNO3S/c1-9-6-7-13(11(16)8-9)21(18,19)17-12-5-3-4-10(15)14(12)20-2/h3-8,17H,1-2H3. The number of anilines is 1. The topological polar surface area (TPSA) is 55.4 Å². The summed E-state index contributed by atoms with van der Waals surface area (Å²) >= 11 is 5.92. The lowest BCUT2D eigenvalue weighted by molar-refractivity contribution is 0.417. The highest BCUT2D eigenvalue weighted by molar-refractivity contribution is 7.92. The van der Waals surface area contributed by atoms with Crippen LogP contribution in [0.15, 0.2) is 41.3 Å². The van der Waals surface area contributed by atoms with E-state index >= 15 is 0 Å². The highest BCUT2D eigenvalue weighted by Crippen LogP contribution is 2.34. The highest BCUT2D eigenvalue weighted by atomic mass is 35.5. The third-order valence-corrected chi connectivity index (χ3v) is 4.49. The molecule has 0 aromatic heterocycles. The lowest BCUT2D eigenvalue weighted by Crippen LogP contribution is -2.15. The SMILES string of the molecule is COc1c(Cl)cccc1NS(=O)(=O)c1ccc(C)cc1F. The quantitative estimate of drug-likeness (QED) is 0.932. The van der Waals surface area contributed by atoms with Crippen molar-refractivity contribution in [1.29, 1.82) is 0 Å². The van der Waals surface area contributed by atoms with Gasteiger partial charge in [-0.15, -0.1) is 0 Å². The molecule has 4 nitrogen and oxygen atoms in total. The predicted molar refractivity (Wildman–Crippen MR) is 79.9 cm³/mol. The van der Waals surface area contributed by atoms with E-state index in [1.54, 1.807) is 19.1 Å². The molecule has 0 saturated heterocycles. The Balaban J connectivity index is 2.45.